The maximum Gasteiger partial charge on any atom is 0.269 e. The maximum atomic E-state index is 11.4. The zero-order chi connectivity index (χ0) is 15.4. The van der Waals surface area contributed by atoms with Gasteiger partial charge in [0.15, 0.2) is 5.69 Å². The molecular weight excluding hydrogens is 272 g/mol. The van der Waals surface area contributed by atoms with Crippen molar-refractivity contribution in [2.45, 2.75) is 0 Å². The molecule has 2 N–H and O–H groups in total. The summed E-state index contributed by atoms with van der Waals surface area (Å²) in [5.41, 5.74) is 6.71. The Labute approximate surface area is 122 Å². The summed E-state index contributed by atoms with van der Waals surface area (Å²) in [7, 11) is 4.77. The van der Waals surface area contributed by atoms with Crippen molar-refractivity contribution >= 4 is 17.8 Å². The highest BCUT2D eigenvalue weighted by atomic mass is 16.5. The number of carbonyl (C=O) groups is 1. The predicted octanol–water partition coefficient (Wildman–Crippen LogP) is 1.29. The fourth-order valence-electron chi connectivity index (χ4n) is 1.87. The molecule has 0 saturated carbocycles. The number of primary amides is 1. The second kappa shape index (κ2) is 6.08. The van der Waals surface area contributed by atoms with E-state index < -0.39 is 5.91 Å². The summed E-state index contributed by atoms with van der Waals surface area (Å²) < 4.78 is 11.8. The number of nitrogens with zero attached hydrogens (tertiary/aromatic N) is 3. The van der Waals surface area contributed by atoms with Gasteiger partial charge in [-0.2, -0.15) is 5.10 Å². The number of carbonyl (C=O) groups excluding carboxylic acids is 1. The second-order valence-corrected chi connectivity index (χ2v) is 4.23. The number of rotatable bonds is 5. The van der Waals surface area contributed by atoms with Gasteiger partial charge in [-0.05, 0) is 12.1 Å². The number of aromatic nitrogens is 2. The van der Waals surface area contributed by atoms with Crippen LogP contribution < -0.4 is 15.2 Å². The fourth-order valence-corrected chi connectivity index (χ4v) is 1.87. The first-order valence-electron chi connectivity index (χ1n) is 6.14. The summed E-state index contributed by atoms with van der Waals surface area (Å²) in [6.07, 6.45) is 3.06. The van der Waals surface area contributed by atoms with E-state index in [1.807, 2.05) is 6.07 Å². The minimum Gasteiger partial charge on any atom is -0.497 e. The van der Waals surface area contributed by atoms with Crippen LogP contribution in [0.5, 0.6) is 11.5 Å². The molecule has 0 aliphatic heterocycles. The third-order valence-electron chi connectivity index (χ3n) is 2.94. The molecule has 0 spiro atoms. The Kier molecular flexibility index (Phi) is 4.22. The number of ether oxygens (including phenoxy) is 2. The van der Waals surface area contributed by atoms with Gasteiger partial charge in [-0.25, -0.2) is 0 Å². The zero-order valence-electron chi connectivity index (χ0n) is 12.0. The lowest BCUT2D eigenvalue weighted by Gasteiger charge is -2.06. The van der Waals surface area contributed by atoms with E-state index in [0.717, 1.165) is 5.56 Å². The second-order valence-electron chi connectivity index (χ2n) is 4.23. The van der Waals surface area contributed by atoms with E-state index in [2.05, 4.69) is 10.1 Å². The molecule has 2 rings (SSSR count). The van der Waals surface area contributed by atoms with Crippen LogP contribution in [0.1, 0.15) is 16.1 Å². The summed E-state index contributed by atoms with van der Waals surface area (Å²) in [5, 5.41) is 3.97. The molecule has 0 bridgehead atoms. The summed E-state index contributed by atoms with van der Waals surface area (Å²) in [6.45, 7) is 0. The average molecular weight is 288 g/mol. The Bertz CT molecular complexity index is 692. The van der Waals surface area contributed by atoms with E-state index in [4.69, 9.17) is 15.2 Å². The van der Waals surface area contributed by atoms with Gasteiger partial charge < -0.3 is 15.2 Å². The van der Waals surface area contributed by atoms with Gasteiger partial charge in [-0.15, -0.1) is 0 Å². The normalized spacial score (nSPS) is 10.8. The molecule has 0 radical (unpaired) electrons. The van der Waals surface area contributed by atoms with Crippen molar-refractivity contribution in [3.8, 4) is 11.5 Å². The van der Waals surface area contributed by atoms with Gasteiger partial charge in [0.2, 0.25) is 0 Å². The SMILES string of the molecule is COc1ccc(C=Nc2cnn(C)c2C(N)=O)c(OC)c1. The van der Waals surface area contributed by atoms with E-state index in [0.29, 0.717) is 17.2 Å². The molecule has 2 aromatic rings. The highest BCUT2D eigenvalue weighted by molar-refractivity contribution is 5.97. The maximum absolute atomic E-state index is 11.4. The first-order chi connectivity index (χ1) is 10.1. The first kappa shape index (κ1) is 14.6. The molecule has 0 unspecified atom stereocenters. The van der Waals surface area contributed by atoms with Crippen molar-refractivity contribution in [2.75, 3.05) is 14.2 Å². The third-order valence-corrected chi connectivity index (χ3v) is 2.94. The lowest BCUT2D eigenvalue weighted by molar-refractivity contribution is 0.0992. The van der Waals surface area contributed by atoms with Crippen LogP contribution in [0, 0.1) is 0 Å². The van der Waals surface area contributed by atoms with Crippen molar-refractivity contribution in [1.29, 1.82) is 0 Å². The van der Waals surface area contributed by atoms with Gasteiger partial charge in [0.1, 0.15) is 17.2 Å². The fraction of sp³-hybridized carbons (Fsp3) is 0.214. The largest absolute Gasteiger partial charge is 0.497 e. The quantitative estimate of drug-likeness (QED) is 0.839. The van der Waals surface area contributed by atoms with E-state index in [1.165, 1.54) is 10.9 Å². The van der Waals surface area contributed by atoms with Crippen molar-refractivity contribution < 1.29 is 14.3 Å². The minimum absolute atomic E-state index is 0.249. The van der Waals surface area contributed by atoms with Crippen LogP contribution in [0.25, 0.3) is 0 Å². The standard InChI is InChI=1S/C14H16N4O3/c1-18-13(14(15)19)11(8-17-18)16-7-9-4-5-10(20-2)6-12(9)21-3/h4-8H,1-3H3,(H2,15,19). The molecule has 0 aliphatic carbocycles. The molecule has 0 saturated heterocycles. The van der Waals surface area contributed by atoms with Crippen molar-refractivity contribution in [3.63, 3.8) is 0 Å². The average Bonchev–Trinajstić information content (AvgIpc) is 2.85. The monoisotopic (exact) mass is 288 g/mol. The molecule has 7 heteroatoms. The number of nitrogens with two attached hydrogens (primary N) is 1. The third kappa shape index (κ3) is 3.02. The van der Waals surface area contributed by atoms with Crippen LogP contribution in [-0.4, -0.2) is 36.1 Å². The Morgan fingerprint density at radius 3 is 2.76 bits per heavy atom. The van der Waals surface area contributed by atoms with Gasteiger partial charge in [0.25, 0.3) is 5.91 Å². The number of hydrogen-bond donors (Lipinski definition) is 1. The molecule has 21 heavy (non-hydrogen) atoms. The van der Waals surface area contributed by atoms with Crippen LogP contribution in [0.3, 0.4) is 0 Å². The lowest BCUT2D eigenvalue weighted by atomic mass is 10.2. The number of amides is 1. The summed E-state index contributed by atoms with van der Waals surface area (Å²) >= 11 is 0. The highest BCUT2D eigenvalue weighted by Gasteiger charge is 2.13. The summed E-state index contributed by atoms with van der Waals surface area (Å²) in [4.78, 5) is 15.6. The topological polar surface area (TPSA) is 91.7 Å². The summed E-state index contributed by atoms with van der Waals surface area (Å²) in [5.74, 6) is 0.717. The molecule has 1 aromatic carbocycles. The van der Waals surface area contributed by atoms with Crippen molar-refractivity contribution in [3.05, 3.63) is 35.7 Å². The van der Waals surface area contributed by atoms with Gasteiger partial charge >= 0.3 is 0 Å². The zero-order valence-corrected chi connectivity index (χ0v) is 12.0. The van der Waals surface area contributed by atoms with Crippen LogP contribution in [0.2, 0.25) is 0 Å². The van der Waals surface area contributed by atoms with Gasteiger partial charge in [-0.1, -0.05) is 0 Å². The van der Waals surface area contributed by atoms with E-state index >= 15 is 0 Å². The van der Waals surface area contributed by atoms with Crippen molar-refractivity contribution in [1.82, 2.24) is 9.78 Å². The number of benzene rings is 1. The Balaban J connectivity index is 2.36. The summed E-state index contributed by atoms with van der Waals surface area (Å²) in [6, 6.07) is 5.35. The van der Waals surface area contributed by atoms with E-state index in [1.54, 1.807) is 39.6 Å². The van der Waals surface area contributed by atoms with Crippen LogP contribution in [0.15, 0.2) is 29.4 Å². The van der Waals surface area contributed by atoms with E-state index in [-0.39, 0.29) is 5.69 Å². The Morgan fingerprint density at radius 1 is 1.38 bits per heavy atom. The minimum atomic E-state index is -0.580. The van der Waals surface area contributed by atoms with Crippen LogP contribution >= 0.6 is 0 Å². The molecule has 7 nitrogen and oxygen atoms in total. The molecule has 1 aromatic heterocycles. The lowest BCUT2D eigenvalue weighted by Crippen LogP contribution is -2.15. The molecule has 0 aliphatic rings. The van der Waals surface area contributed by atoms with Crippen molar-refractivity contribution in [2.24, 2.45) is 17.8 Å². The molecule has 0 atom stereocenters. The highest BCUT2D eigenvalue weighted by Crippen LogP contribution is 2.24. The van der Waals surface area contributed by atoms with Gasteiger partial charge in [-0.3, -0.25) is 14.5 Å². The number of hydrogen-bond acceptors (Lipinski definition) is 5. The first-order valence-corrected chi connectivity index (χ1v) is 6.14. The van der Waals surface area contributed by atoms with Gasteiger partial charge in [0, 0.05) is 24.9 Å². The number of aliphatic imine (C=N–C) groups is 1. The van der Waals surface area contributed by atoms with E-state index in [9.17, 15) is 4.79 Å². The molecule has 110 valence electrons. The predicted molar refractivity (Wildman–Crippen MR) is 78.5 cm³/mol. The Morgan fingerprint density at radius 2 is 2.14 bits per heavy atom. The van der Waals surface area contributed by atoms with Gasteiger partial charge in [0.05, 0.1) is 20.4 Å². The Hall–Kier alpha value is -2.83. The molecule has 1 amide bonds. The molecule has 0 fully saturated rings. The molecular formula is C14H16N4O3. The smallest absolute Gasteiger partial charge is 0.269 e. The van der Waals surface area contributed by atoms with Crippen LogP contribution in [-0.2, 0) is 7.05 Å². The van der Waals surface area contributed by atoms with Crippen LogP contribution in [0.4, 0.5) is 5.69 Å². The number of methoxy groups -OCH3 is 2. The molecule has 1 heterocycles. The number of aryl methyl sites for hydroxylation is 1.